The van der Waals surface area contributed by atoms with E-state index in [1.807, 2.05) is 24.3 Å². The Morgan fingerprint density at radius 2 is 1.82 bits per heavy atom. The number of amides is 1. The maximum Gasteiger partial charge on any atom is 0.237 e. The number of methoxy groups -OCH3 is 1. The van der Waals surface area contributed by atoms with Gasteiger partial charge in [-0.25, -0.2) is 8.42 Å². The monoisotopic (exact) mass is 488 g/mol. The minimum Gasteiger partial charge on any atom is -0.497 e. The lowest BCUT2D eigenvalue weighted by Gasteiger charge is -2.25. The molecule has 1 N–H and O–H groups in total. The van der Waals surface area contributed by atoms with Crippen LogP contribution < -0.4 is 10.1 Å². The summed E-state index contributed by atoms with van der Waals surface area (Å²) in [5.41, 5.74) is 2.48. The molecule has 4 rings (SSSR count). The first-order valence-electron chi connectivity index (χ1n) is 11.5. The van der Waals surface area contributed by atoms with Crippen LogP contribution in [0, 0.1) is 0 Å². The first-order valence-corrected chi connectivity index (χ1v) is 14.2. The Balaban J connectivity index is 1.46. The van der Waals surface area contributed by atoms with Gasteiger partial charge in [0.25, 0.3) is 0 Å². The van der Waals surface area contributed by atoms with Crippen LogP contribution in [0.2, 0.25) is 0 Å². The maximum absolute atomic E-state index is 13.2. The zero-order chi connectivity index (χ0) is 23.4. The molecule has 2 heterocycles. The number of hydrogen-bond acceptors (Lipinski definition) is 6. The number of carbonyl (C=O) groups excluding carboxylic acids is 1. The van der Waals surface area contributed by atoms with Gasteiger partial charge in [-0.1, -0.05) is 31.2 Å². The number of nitrogens with one attached hydrogen (secondary N) is 1. The topological polar surface area (TPSA) is 75.7 Å². The normalized spacial score (nSPS) is 24.6. The molecule has 0 radical (unpaired) electrons. The van der Waals surface area contributed by atoms with E-state index in [1.165, 1.54) is 11.1 Å². The predicted molar refractivity (Wildman–Crippen MR) is 132 cm³/mol. The lowest BCUT2D eigenvalue weighted by Crippen LogP contribution is -2.47. The van der Waals surface area contributed by atoms with Gasteiger partial charge < -0.3 is 10.1 Å². The van der Waals surface area contributed by atoms with Crippen LogP contribution in [0.3, 0.4) is 0 Å². The lowest BCUT2D eigenvalue weighted by molar-refractivity contribution is -0.126. The van der Waals surface area contributed by atoms with E-state index >= 15 is 0 Å². The predicted octanol–water partition coefficient (Wildman–Crippen LogP) is 3.30. The third kappa shape index (κ3) is 6.31. The van der Waals surface area contributed by atoms with Gasteiger partial charge in [0.15, 0.2) is 9.84 Å². The molecule has 2 fully saturated rings. The molecule has 2 aliphatic rings. The van der Waals surface area contributed by atoms with E-state index in [0.29, 0.717) is 13.0 Å². The Morgan fingerprint density at radius 1 is 1.12 bits per heavy atom. The number of carbonyl (C=O) groups is 1. The summed E-state index contributed by atoms with van der Waals surface area (Å²) in [7, 11) is -1.38. The first kappa shape index (κ1) is 24.1. The van der Waals surface area contributed by atoms with Gasteiger partial charge in [-0.2, -0.15) is 0 Å². The van der Waals surface area contributed by atoms with E-state index in [0.717, 1.165) is 30.0 Å². The Bertz CT molecular complexity index is 1050. The van der Waals surface area contributed by atoms with Crippen LogP contribution >= 0.6 is 11.8 Å². The summed E-state index contributed by atoms with van der Waals surface area (Å²) in [6.07, 6.45) is 2.23. The number of benzene rings is 2. The zero-order valence-electron chi connectivity index (χ0n) is 19.2. The average molecular weight is 489 g/mol. The highest BCUT2D eigenvalue weighted by atomic mass is 32.2. The highest BCUT2D eigenvalue weighted by Crippen LogP contribution is 2.34. The van der Waals surface area contributed by atoms with Crippen molar-refractivity contribution >= 4 is 27.5 Å². The van der Waals surface area contributed by atoms with Crippen molar-refractivity contribution in [1.82, 2.24) is 10.2 Å². The Morgan fingerprint density at radius 3 is 2.42 bits per heavy atom. The van der Waals surface area contributed by atoms with Gasteiger partial charge in [0, 0.05) is 29.3 Å². The highest BCUT2D eigenvalue weighted by molar-refractivity contribution is 8.00. The molecule has 1 unspecified atom stereocenters. The summed E-state index contributed by atoms with van der Waals surface area (Å²) in [6.45, 7) is 3.64. The number of aryl methyl sites for hydroxylation is 1. The number of ether oxygens (including phenoxy) is 1. The molecule has 178 valence electrons. The van der Waals surface area contributed by atoms with Gasteiger partial charge in [0.1, 0.15) is 5.75 Å². The van der Waals surface area contributed by atoms with Crippen LogP contribution in [0.25, 0.3) is 0 Å². The van der Waals surface area contributed by atoms with Crippen molar-refractivity contribution in [3.8, 4) is 5.75 Å². The summed E-state index contributed by atoms with van der Waals surface area (Å²) < 4.78 is 28.9. The second kappa shape index (κ2) is 10.5. The number of likely N-dealkylation sites (tertiary alicyclic amines) is 1. The molecule has 1 amide bonds. The van der Waals surface area contributed by atoms with Crippen molar-refractivity contribution in [1.29, 1.82) is 0 Å². The van der Waals surface area contributed by atoms with Gasteiger partial charge in [-0.05, 0) is 54.7 Å². The minimum absolute atomic E-state index is 0.0496. The second-order valence-electron chi connectivity index (χ2n) is 8.87. The van der Waals surface area contributed by atoms with Crippen LogP contribution in [-0.4, -0.2) is 61.7 Å². The molecule has 2 aromatic carbocycles. The third-order valence-electron chi connectivity index (χ3n) is 6.43. The molecular weight excluding hydrogens is 456 g/mol. The van der Waals surface area contributed by atoms with Crippen LogP contribution in [0.5, 0.6) is 5.75 Å². The Hall–Kier alpha value is -2.03. The SMILES string of the molecule is CCc1ccc(CN2C[C@H](Sc3ccc(OC)cc3)C[C@H]2C(=O)NC2CCS(=O)(=O)C2)cc1. The van der Waals surface area contributed by atoms with Crippen LogP contribution in [0.4, 0.5) is 0 Å². The van der Waals surface area contributed by atoms with Gasteiger partial charge >= 0.3 is 0 Å². The molecule has 2 aliphatic heterocycles. The van der Waals surface area contributed by atoms with Gasteiger partial charge in [-0.15, -0.1) is 11.8 Å². The van der Waals surface area contributed by atoms with Gasteiger partial charge in [-0.3, -0.25) is 9.69 Å². The minimum atomic E-state index is -3.03. The van der Waals surface area contributed by atoms with Crippen molar-refractivity contribution < 1.29 is 17.9 Å². The summed E-state index contributed by atoms with van der Waals surface area (Å²) in [5, 5.41) is 3.30. The average Bonchev–Trinajstić information content (AvgIpc) is 3.36. The molecule has 0 spiro atoms. The summed E-state index contributed by atoms with van der Waals surface area (Å²) in [5.74, 6) is 0.979. The molecule has 2 aromatic rings. The molecule has 8 heteroatoms. The molecule has 33 heavy (non-hydrogen) atoms. The number of rotatable bonds is 8. The van der Waals surface area contributed by atoms with Crippen LogP contribution in [-0.2, 0) is 27.6 Å². The molecule has 3 atom stereocenters. The van der Waals surface area contributed by atoms with Crippen LogP contribution in [0.15, 0.2) is 53.4 Å². The fraction of sp³-hybridized carbons (Fsp3) is 0.480. The smallest absolute Gasteiger partial charge is 0.237 e. The van der Waals surface area contributed by atoms with Crippen molar-refractivity contribution in [2.45, 2.75) is 55.0 Å². The van der Waals surface area contributed by atoms with Crippen molar-refractivity contribution in [2.24, 2.45) is 0 Å². The number of hydrogen-bond donors (Lipinski definition) is 1. The zero-order valence-corrected chi connectivity index (χ0v) is 20.8. The van der Waals surface area contributed by atoms with E-state index in [4.69, 9.17) is 4.74 Å². The highest BCUT2D eigenvalue weighted by Gasteiger charge is 2.39. The molecule has 0 saturated carbocycles. The van der Waals surface area contributed by atoms with E-state index in [1.54, 1.807) is 18.9 Å². The van der Waals surface area contributed by atoms with Crippen molar-refractivity contribution in [3.05, 3.63) is 59.7 Å². The second-order valence-corrected chi connectivity index (χ2v) is 12.5. The maximum atomic E-state index is 13.2. The fourth-order valence-electron chi connectivity index (χ4n) is 4.56. The molecule has 0 aliphatic carbocycles. The van der Waals surface area contributed by atoms with Gasteiger partial charge in [0.05, 0.1) is 24.7 Å². The van der Waals surface area contributed by atoms with E-state index < -0.39 is 9.84 Å². The standard InChI is InChI=1S/C25H32N2O4S2/c1-3-18-4-6-19(7-5-18)15-27-16-23(32-22-10-8-21(31-2)9-11-22)14-24(27)25(28)26-20-12-13-33(29,30)17-20/h4-11,20,23-24H,3,12-17H2,1-2H3,(H,26,28)/t20?,23-,24+/m1/s1. The van der Waals surface area contributed by atoms with E-state index in [2.05, 4.69) is 41.4 Å². The molecule has 0 bridgehead atoms. The molecular formula is C25H32N2O4S2. The molecule has 6 nitrogen and oxygen atoms in total. The Labute approximate surface area is 201 Å². The number of sulfone groups is 1. The van der Waals surface area contributed by atoms with Crippen molar-refractivity contribution in [2.75, 3.05) is 25.2 Å². The first-order chi connectivity index (χ1) is 15.8. The largest absolute Gasteiger partial charge is 0.497 e. The third-order valence-corrected chi connectivity index (χ3v) is 9.41. The number of nitrogens with zero attached hydrogens (tertiary/aromatic N) is 1. The molecule has 0 aromatic heterocycles. The summed E-state index contributed by atoms with van der Waals surface area (Å²) in [6, 6.07) is 16.0. The fourth-order valence-corrected chi connectivity index (χ4v) is 7.46. The lowest BCUT2D eigenvalue weighted by atomic mass is 10.1. The number of thioether (sulfide) groups is 1. The Kier molecular flexibility index (Phi) is 7.66. The summed E-state index contributed by atoms with van der Waals surface area (Å²) >= 11 is 1.78. The van der Waals surface area contributed by atoms with Crippen LogP contribution in [0.1, 0.15) is 30.9 Å². The van der Waals surface area contributed by atoms with E-state index in [9.17, 15) is 13.2 Å². The van der Waals surface area contributed by atoms with Crippen molar-refractivity contribution in [3.63, 3.8) is 0 Å². The van der Waals surface area contributed by atoms with Gasteiger partial charge in [0.2, 0.25) is 5.91 Å². The quantitative estimate of drug-likeness (QED) is 0.615. The van der Waals surface area contributed by atoms with E-state index in [-0.39, 0.29) is 34.7 Å². The molecule has 2 saturated heterocycles. The summed E-state index contributed by atoms with van der Waals surface area (Å²) in [4.78, 5) is 16.6.